The van der Waals surface area contributed by atoms with Crippen LogP contribution in [0.4, 0.5) is 4.39 Å². The van der Waals surface area contributed by atoms with Gasteiger partial charge < -0.3 is 5.73 Å². The summed E-state index contributed by atoms with van der Waals surface area (Å²) in [7, 11) is 0. The van der Waals surface area contributed by atoms with E-state index in [0.717, 1.165) is 5.75 Å². The van der Waals surface area contributed by atoms with E-state index in [1.807, 2.05) is 6.92 Å². The molecule has 25 heavy (non-hydrogen) atoms. The summed E-state index contributed by atoms with van der Waals surface area (Å²) in [4.78, 5) is 24.6. The van der Waals surface area contributed by atoms with Gasteiger partial charge in [-0.25, -0.2) is 14.4 Å². The Hall–Kier alpha value is -1.99. The van der Waals surface area contributed by atoms with Crippen molar-refractivity contribution in [3.63, 3.8) is 0 Å². The fourth-order valence-corrected chi connectivity index (χ4v) is 3.78. The predicted molar refractivity (Wildman–Crippen MR) is 97.5 cm³/mol. The van der Waals surface area contributed by atoms with Gasteiger partial charge in [0, 0.05) is 17.7 Å². The molecule has 1 aliphatic heterocycles. The smallest absolute Gasteiger partial charge is 0.187 e. The van der Waals surface area contributed by atoms with Crippen LogP contribution in [0.1, 0.15) is 35.0 Å². The maximum absolute atomic E-state index is 14.4. The van der Waals surface area contributed by atoms with Crippen LogP contribution in [0, 0.1) is 5.82 Å². The van der Waals surface area contributed by atoms with Crippen molar-refractivity contribution in [2.75, 3.05) is 5.75 Å². The molecule has 2 heterocycles. The van der Waals surface area contributed by atoms with Crippen molar-refractivity contribution in [3.05, 3.63) is 58.4 Å². The van der Waals surface area contributed by atoms with Gasteiger partial charge in [-0.2, -0.15) is 0 Å². The molecule has 0 saturated carbocycles. The number of aromatic nitrogens is 2. The number of ketones is 1. The summed E-state index contributed by atoms with van der Waals surface area (Å²) in [6, 6.07) is 4.64. The molecule has 3 rings (SSSR count). The Labute approximate surface area is 153 Å². The second-order valence-corrected chi connectivity index (χ2v) is 7.46. The Balaban J connectivity index is 1.88. The standard InChI is InChI=1S/C17H16ClFN4OS/c1-17(4-5-25-16(20)23-17)11-6-10(2-3-12(11)19)7-14(24)13-8-22-15(18)9-21-13/h2-3,6,8-9H,4-5,7H2,1H3,(H2,20,23)/t17-/m0/s1. The maximum atomic E-state index is 14.4. The Morgan fingerprint density at radius 1 is 1.40 bits per heavy atom. The quantitative estimate of drug-likeness (QED) is 0.825. The van der Waals surface area contributed by atoms with Crippen molar-refractivity contribution >= 4 is 34.3 Å². The summed E-state index contributed by atoms with van der Waals surface area (Å²) in [6.45, 7) is 1.86. The zero-order valence-electron chi connectivity index (χ0n) is 13.5. The number of benzene rings is 1. The normalized spacial score (nSPS) is 20.2. The van der Waals surface area contributed by atoms with Crippen molar-refractivity contribution in [3.8, 4) is 0 Å². The molecular weight excluding hydrogens is 363 g/mol. The van der Waals surface area contributed by atoms with Crippen molar-refractivity contribution < 1.29 is 9.18 Å². The predicted octanol–water partition coefficient (Wildman–Crippen LogP) is 3.36. The van der Waals surface area contributed by atoms with Crippen LogP contribution in [-0.2, 0) is 12.0 Å². The van der Waals surface area contributed by atoms with Crippen LogP contribution in [-0.4, -0.2) is 26.7 Å². The number of nitrogens with two attached hydrogens (primary N) is 1. The third-order valence-electron chi connectivity index (χ3n) is 4.08. The summed E-state index contributed by atoms with van der Waals surface area (Å²) in [5.74, 6) is 0.206. The molecule has 0 aliphatic carbocycles. The first-order chi connectivity index (χ1) is 11.9. The van der Waals surface area contributed by atoms with Gasteiger partial charge >= 0.3 is 0 Å². The van der Waals surface area contributed by atoms with Crippen molar-refractivity contribution in [1.82, 2.24) is 9.97 Å². The second kappa shape index (κ2) is 7.09. The van der Waals surface area contributed by atoms with Crippen molar-refractivity contribution in [2.24, 2.45) is 10.7 Å². The molecule has 1 aliphatic rings. The lowest BCUT2D eigenvalue weighted by Gasteiger charge is -2.30. The first-order valence-corrected chi connectivity index (χ1v) is 9.01. The highest BCUT2D eigenvalue weighted by Crippen LogP contribution is 2.36. The maximum Gasteiger partial charge on any atom is 0.187 e. The number of carbonyl (C=O) groups excluding carboxylic acids is 1. The topological polar surface area (TPSA) is 81.2 Å². The minimum Gasteiger partial charge on any atom is -0.379 e. The van der Waals surface area contributed by atoms with Gasteiger partial charge in [-0.3, -0.25) is 9.79 Å². The minimum atomic E-state index is -0.724. The molecule has 0 saturated heterocycles. The monoisotopic (exact) mass is 378 g/mol. The van der Waals surface area contributed by atoms with E-state index in [-0.39, 0.29) is 28.9 Å². The number of aliphatic imine (C=N–C) groups is 1. The molecule has 2 N–H and O–H groups in total. The van der Waals surface area contributed by atoms with Gasteiger partial charge in [-0.1, -0.05) is 29.4 Å². The fourth-order valence-electron chi connectivity index (χ4n) is 2.71. The van der Waals surface area contributed by atoms with E-state index >= 15 is 0 Å². The number of thioether (sulfide) groups is 1. The highest BCUT2D eigenvalue weighted by atomic mass is 35.5. The molecule has 0 fully saturated rings. The molecular formula is C17H16ClFN4OS. The number of hydrogen-bond acceptors (Lipinski definition) is 6. The molecule has 8 heteroatoms. The molecule has 1 aromatic heterocycles. The van der Waals surface area contributed by atoms with E-state index in [1.165, 1.54) is 30.2 Å². The molecule has 0 unspecified atom stereocenters. The Bertz CT molecular complexity index is 843. The zero-order valence-corrected chi connectivity index (χ0v) is 15.1. The van der Waals surface area contributed by atoms with Gasteiger partial charge in [-0.05, 0) is 31.0 Å². The van der Waals surface area contributed by atoms with Gasteiger partial charge in [-0.15, -0.1) is 0 Å². The van der Waals surface area contributed by atoms with Crippen LogP contribution in [0.25, 0.3) is 0 Å². The van der Waals surface area contributed by atoms with E-state index in [1.54, 1.807) is 12.1 Å². The molecule has 1 atom stereocenters. The minimum absolute atomic E-state index is 0.0909. The molecule has 5 nitrogen and oxygen atoms in total. The molecule has 0 bridgehead atoms. The van der Waals surface area contributed by atoms with Gasteiger partial charge in [0.25, 0.3) is 0 Å². The van der Waals surface area contributed by atoms with Crippen LogP contribution >= 0.6 is 23.4 Å². The number of amidine groups is 1. The average molecular weight is 379 g/mol. The van der Waals surface area contributed by atoms with Crippen LogP contribution in [0.5, 0.6) is 0 Å². The number of rotatable bonds is 4. The van der Waals surface area contributed by atoms with Crippen LogP contribution < -0.4 is 5.73 Å². The summed E-state index contributed by atoms with van der Waals surface area (Å²) in [5.41, 5.74) is 6.45. The lowest BCUT2D eigenvalue weighted by Crippen LogP contribution is -2.29. The van der Waals surface area contributed by atoms with E-state index in [9.17, 15) is 9.18 Å². The second-order valence-electron chi connectivity index (χ2n) is 5.96. The van der Waals surface area contributed by atoms with Crippen LogP contribution in [0.3, 0.4) is 0 Å². The third-order valence-corrected chi connectivity index (χ3v) is 5.07. The van der Waals surface area contributed by atoms with E-state index < -0.39 is 5.54 Å². The van der Waals surface area contributed by atoms with E-state index in [0.29, 0.717) is 22.7 Å². The first kappa shape index (κ1) is 17.8. The summed E-state index contributed by atoms with van der Waals surface area (Å²) < 4.78 is 14.4. The largest absolute Gasteiger partial charge is 0.379 e. The lowest BCUT2D eigenvalue weighted by molar-refractivity contribution is 0.0987. The number of Topliss-reactive ketones (excluding diaryl/α,β-unsaturated/α-hetero) is 1. The lowest BCUT2D eigenvalue weighted by atomic mass is 9.87. The zero-order chi connectivity index (χ0) is 18.0. The number of carbonyl (C=O) groups is 1. The summed E-state index contributed by atoms with van der Waals surface area (Å²) >= 11 is 7.14. The van der Waals surface area contributed by atoms with Crippen LogP contribution in [0.15, 0.2) is 35.6 Å². The fraction of sp³-hybridized carbons (Fsp3) is 0.294. The van der Waals surface area contributed by atoms with Gasteiger partial charge in [0.05, 0.1) is 17.9 Å². The molecule has 0 radical (unpaired) electrons. The van der Waals surface area contributed by atoms with Crippen LogP contribution in [0.2, 0.25) is 5.15 Å². The molecule has 0 spiro atoms. The number of nitrogens with zero attached hydrogens (tertiary/aromatic N) is 3. The molecule has 0 amide bonds. The van der Waals surface area contributed by atoms with Gasteiger partial charge in [0.1, 0.15) is 16.7 Å². The van der Waals surface area contributed by atoms with Gasteiger partial charge in [0.2, 0.25) is 0 Å². The third kappa shape index (κ3) is 3.99. The summed E-state index contributed by atoms with van der Waals surface area (Å²) in [6.07, 6.45) is 3.42. The summed E-state index contributed by atoms with van der Waals surface area (Å²) in [5, 5.41) is 0.672. The Morgan fingerprint density at radius 2 is 2.20 bits per heavy atom. The molecule has 1 aromatic carbocycles. The molecule has 130 valence electrons. The Morgan fingerprint density at radius 3 is 2.88 bits per heavy atom. The number of halogens is 2. The van der Waals surface area contributed by atoms with Gasteiger partial charge in [0.15, 0.2) is 11.0 Å². The van der Waals surface area contributed by atoms with E-state index in [2.05, 4.69) is 15.0 Å². The van der Waals surface area contributed by atoms with Crippen molar-refractivity contribution in [2.45, 2.75) is 25.3 Å². The average Bonchev–Trinajstić information content (AvgIpc) is 2.57. The highest BCUT2D eigenvalue weighted by molar-refractivity contribution is 8.13. The molecule has 2 aromatic rings. The Kier molecular flexibility index (Phi) is 5.06. The van der Waals surface area contributed by atoms with Crippen molar-refractivity contribution in [1.29, 1.82) is 0 Å². The van der Waals surface area contributed by atoms with E-state index in [4.69, 9.17) is 17.3 Å². The highest BCUT2D eigenvalue weighted by Gasteiger charge is 2.32. The number of hydrogen-bond donors (Lipinski definition) is 1. The first-order valence-electron chi connectivity index (χ1n) is 7.65. The SMILES string of the molecule is C[C@@]1(c2cc(CC(=O)c3cnc(Cl)cn3)ccc2F)CCSC(N)=N1.